The lowest BCUT2D eigenvalue weighted by Crippen LogP contribution is -2.07. The Labute approximate surface area is 149 Å². The van der Waals surface area contributed by atoms with Crippen LogP contribution in [0.5, 0.6) is 5.75 Å². The van der Waals surface area contributed by atoms with Crippen LogP contribution >= 0.6 is 0 Å². The summed E-state index contributed by atoms with van der Waals surface area (Å²) in [6, 6.07) is 11.2. The summed E-state index contributed by atoms with van der Waals surface area (Å²) in [5.74, 6) is 1.58. The Morgan fingerprint density at radius 2 is 1.88 bits per heavy atom. The number of hydrogen-bond donors (Lipinski definition) is 0. The second kappa shape index (κ2) is 9.82. The van der Waals surface area contributed by atoms with E-state index in [4.69, 9.17) is 9.47 Å². The fourth-order valence-corrected chi connectivity index (χ4v) is 2.36. The Hall–Kier alpha value is -2.36. The molecule has 1 aromatic heterocycles. The zero-order chi connectivity index (χ0) is 18.1. The molecule has 0 bridgehead atoms. The molecule has 0 aliphatic carbocycles. The third-order valence-corrected chi connectivity index (χ3v) is 3.86. The van der Waals surface area contributed by atoms with Gasteiger partial charge in [-0.2, -0.15) is 0 Å². The molecule has 2 aromatic rings. The normalized spacial score (nSPS) is 12.7. The van der Waals surface area contributed by atoms with Gasteiger partial charge in [-0.3, -0.25) is 4.98 Å². The number of pyridine rings is 1. The predicted octanol–water partition coefficient (Wildman–Crippen LogP) is 5.52. The molecular formula is C21H26FNO2. The van der Waals surface area contributed by atoms with Crippen molar-refractivity contribution in [2.24, 2.45) is 0 Å². The van der Waals surface area contributed by atoms with E-state index >= 15 is 0 Å². The molecule has 0 fully saturated rings. The fourth-order valence-electron chi connectivity index (χ4n) is 2.36. The monoisotopic (exact) mass is 343 g/mol. The lowest BCUT2D eigenvalue weighted by Gasteiger charge is -2.11. The number of ether oxygens (including phenoxy) is 2. The quantitative estimate of drug-likeness (QED) is 0.562. The molecule has 0 saturated heterocycles. The van der Waals surface area contributed by atoms with Gasteiger partial charge in [-0.15, -0.1) is 0 Å². The Morgan fingerprint density at radius 3 is 2.44 bits per heavy atom. The molecule has 0 radical (unpaired) electrons. The maximum absolute atomic E-state index is 14.2. The number of allylic oxidation sites excluding steroid dienone is 1. The predicted molar refractivity (Wildman–Crippen MR) is 99.3 cm³/mol. The number of alkyl halides is 1. The molecule has 4 heteroatoms. The highest BCUT2D eigenvalue weighted by atomic mass is 19.1. The van der Waals surface area contributed by atoms with Gasteiger partial charge in [0, 0.05) is 12.6 Å². The highest BCUT2D eigenvalue weighted by molar-refractivity contribution is 5.52. The minimum absolute atomic E-state index is 0.0488. The van der Waals surface area contributed by atoms with Crippen LogP contribution in [0.25, 0.3) is 6.08 Å². The maximum Gasteiger partial charge on any atom is 0.176 e. The highest BCUT2D eigenvalue weighted by Gasteiger charge is 2.12. The molecule has 1 atom stereocenters. The van der Waals surface area contributed by atoms with Gasteiger partial charge < -0.3 is 9.47 Å². The van der Waals surface area contributed by atoms with Gasteiger partial charge in [-0.25, -0.2) is 4.39 Å². The third-order valence-electron chi connectivity index (χ3n) is 3.86. The molecule has 2 rings (SSSR count). The van der Waals surface area contributed by atoms with Gasteiger partial charge in [0.05, 0.1) is 18.1 Å². The topological polar surface area (TPSA) is 31.4 Å². The number of aromatic nitrogens is 1. The molecule has 0 aliphatic rings. The van der Waals surface area contributed by atoms with E-state index in [0.29, 0.717) is 18.1 Å². The van der Waals surface area contributed by atoms with Crippen molar-refractivity contribution < 1.29 is 13.9 Å². The van der Waals surface area contributed by atoms with E-state index in [1.807, 2.05) is 50.3 Å². The van der Waals surface area contributed by atoms with Crippen LogP contribution < -0.4 is 4.74 Å². The summed E-state index contributed by atoms with van der Waals surface area (Å²) in [6.07, 6.45) is 4.22. The first-order valence-corrected chi connectivity index (χ1v) is 8.81. The van der Waals surface area contributed by atoms with Gasteiger partial charge in [0.25, 0.3) is 0 Å². The van der Waals surface area contributed by atoms with Crippen LogP contribution in [0, 0.1) is 0 Å². The van der Waals surface area contributed by atoms with Gasteiger partial charge >= 0.3 is 0 Å². The molecular weight excluding hydrogens is 317 g/mol. The summed E-state index contributed by atoms with van der Waals surface area (Å²) in [7, 11) is 0. The van der Waals surface area contributed by atoms with E-state index < -0.39 is 6.17 Å². The van der Waals surface area contributed by atoms with Gasteiger partial charge in [-0.05, 0) is 48.7 Å². The van der Waals surface area contributed by atoms with E-state index in [1.165, 1.54) is 0 Å². The Kier molecular flexibility index (Phi) is 7.45. The van der Waals surface area contributed by atoms with Crippen molar-refractivity contribution >= 4 is 6.08 Å². The summed E-state index contributed by atoms with van der Waals surface area (Å²) in [5, 5.41) is 0. The van der Waals surface area contributed by atoms with Crippen molar-refractivity contribution in [3.63, 3.8) is 0 Å². The zero-order valence-electron chi connectivity index (χ0n) is 15.2. The summed E-state index contributed by atoms with van der Waals surface area (Å²) in [5.41, 5.74) is 2.53. The number of halogens is 1. The van der Waals surface area contributed by atoms with Crippen LogP contribution in [0.1, 0.15) is 50.2 Å². The molecule has 1 aromatic carbocycles. The SMILES string of the molecule is CCOC(=Cc1ccc(OCC(F)c2ccc(CC)cn2)cc1)CC. The van der Waals surface area contributed by atoms with Crippen LogP contribution in [0.3, 0.4) is 0 Å². The van der Waals surface area contributed by atoms with Crippen molar-refractivity contribution in [2.75, 3.05) is 13.2 Å². The third kappa shape index (κ3) is 5.89. The number of nitrogens with zero attached hydrogens (tertiary/aromatic N) is 1. The zero-order valence-corrected chi connectivity index (χ0v) is 15.2. The van der Waals surface area contributed by atoms with Crippen LogP contribution in [-0.4, -0.2) is 18.2 Å². The van der Waals surface area contributed by atoms with E-state index in [1.54, 1.807) is 12.3 Å². The minimum Gasteiger partial charge on any atom is -0.498 e. The van der Waals surface area contributed by atoms with Gasteiger partial charge in [0.15, 0.2) is 6.17 Å². The summed E-state index contributed by atoms with van der Waals surface area (Å²) >= 11 is 0. The van der Waals surface area contributed by atoms with Crippen molar-refractivity contribution in [1.29, 1.82) is 0 Å². The summed E-state index contributed by atoms with van der Waals surface area (Å²) in [4.78, 5) is 4.16. The first-order valence-electron chi connectivity index (χ1n) is 8.81. The number of rotatable bonds is 9. The average molecular weight is 343 g/mol. The molecule has 134 valence electrons. The second-order valence-electron chi connectivity index (χ2n) is 5.69. The van der Waals surface area contributed by atoms with Crippen LogP contribution in [-0.2, 0) is 11.2 Å². The molecule has 0 N–H and O–H groups in total. The fraction of sp³-hybridized carbons (Fsp3) is 0.381. The number of aryl methyl sites for hydroxylation is 1. The molecule has 1 unspecified atom stereocenters. The summed E-state index contributed by atoms with van der Waals surface area (Å²) in [6.45, 7) is 6.68. The molecule has 0 saturated carbocycles. The molecule has 0 aliphatic heterocycles. The Bertz CT molecular complexity index is 665. The highest BCUT2D eigenvalue weighted by Crippen LogP contribution is 2.20. The largest absolute Gasteiger partial charge is 0.498 e. The maximum atomic E-state index is 14.2. The van der Waals surface area contributed by atoms with Crippen molar-refractivity contribution in [2.45, 2.75) is 39.8 Å². The first kappa shape index (κ1) is 19.0. The van der Waals surface area contributed by atoms with Crippen molar-refractivity contribution in [3.8, 4) is 5.75 Å². The first-order chi connectivity index (χ1) is 12.2. The Balaban J connectivity index is 1.92. The van der Waals surface area contributed by atoms with E-state index in [9.17, 15) is 4.39 Å². The molecule has 25 heavy (non-hydrogen) atoms. The second-order valence-corrected chi connectivity index (χ2v) is 5.69. The summed E-state index contributed by atoms with van der Waals surface area (Å²) < 4.78 is 25.3. The Morgan fingerprint density at radius 1 is 1.12 bits per heavy atom. The lowest BCUT2D eigenvalue weighted by molar-refractivity contribution is 0.194. The lowest BCUT2D eigenvalue weighted by atomic mass is 10.1. The number of benzene rings is 1. The van der Waals surface area contributed by atoms with Gasteiger partial charge in [-0.1, -0.05) is 32.0 Å². The van der Waals surface area contributed by atoms with E-state index in [2.05, 4.69) is 11.9 Å². The van der Waals surface area contributed by atoms with Crippen LogP contribution in [0.2, 0.25) is 0 Å². The molecule has 1 heterocycles. The standard InChI is InChI=1S/C21H26FNO2/c1-4-16-9-12-21(23-14-16)20(22)15-25-19-10-7-17(8-11-19)13-18(5-2)24-6-3/h7-14,20H,4-6,15H2,1-3H3. The van der Waals surface area contributed by atoms with Crippen molar-refractivity contribution in [3.05, 3.63) is 65.2 Å². The van der Waals surface area contributed by atoms with Crippen LogP contribution in [0.4, 0.5) is 4.39 Å². The van der Waals surface area contributed by atoms with Crippen molar-refractivity contribution in [1.82, 2.24) is 4.98 Å². The number of hydrogen-bond acceptors (Lipinski definition) is 3. The van der Waals surface area contributed by atoms with Gasteiger partial charge in [0.1, 0.15) is 12.4 Å². The molecule has 3 nitrogen and oxygen atoms in total. The van der Waals surface area contributed by atoms with Crippen LogP contribution in [0.15, 0.2) is 48.4 Å². The average Bonchev–Trinajstić information content (AvgIpc) is 2.66. The van der Waals surface area contributed by atoms with Gasteiger partial charge in [0.2, 0.25) is 0 Å². The van der Waals surface area contributed by atoms with E-state index in [-0.39, 0.29) is 6.61 Å². The smallest absolute Gasteiger partial charge is 0.176 e. The molecule has 0 spiro atoms. The minimum atomic E-state index is -1.24. The van der Waals surface area contributed by atoms with E-state index in [0.717, 1.165) is 29.7 Å². The molecule has 0 amide bonds.